The fourth-order valence-electron chi connectivity index (χ4n) is 1.77. The van der Waals surface area contributed by atoms with Crippen LogP contribution in [0.4, 0.5) is 5.69 Å². The lowest BCUT2D eigenvalue weighted by Gasteiger charge is -2.29. The summed E-state index contributed by atoms with van der Waals surface area (Å²) in [6.45, 7) is 0.537. The second-order valence-electron chi connectivity index (χ2n) is 3.63. The van der Waals surface area contributed by atoms with Gasteiger partial charge in [0.1, 0.15) is 0 Å². The number of rotatable bonds is 4. The van der Waals surface area contributed by atoms with Crippen LogP contribution in [0.1, 0.15) is 7.85 Å². The lowest BCUT2D eigenvalue weighted by atomic mass is 10.2. The number of amides is 1. The van der Waals surface area contributed by atoms with Crippen LogP contribution in [0.5, 0.6) is 11.5 Å². The molecule has 6 heteroatoms. The highest BCUT2D eigenvalue weighted by Gasteiger charge is 2.27. The first-order chi connectivity index (χ1) is 8.27. The number of carbonyl (C=O) groups is 1. The van der Waals surface area contributed by atoms with Crippen LogP contribution in [0.2, 0.25) is 0 Å². The molecule has 0 aliphatic carbocycles. The number of hydrogen-bond donors (Lipinski definition) is 1. The Bertz CT molecular complexity index is 430. The predicted molar refractivity (Wildman–Crippen MR) is 68.4 cm³/mol. The van der Waals surface area contributed by atoms with Crippen molar-refractivity contribution in [3.8, 4) is 11.5 Å². The minimum Gasteiger partial charge on any atom is -0.478 e. The van der Waals surface area contributed by atoms with E-state index in [0.717, 1.165) is 0 Å². The van der Waals surface area contributed by atoms with Crippen LogP contribution >= 0.6 is 9.47 Å². The molecule has 0 saturated carbocycles. The molecule has 0 spiro atoms. The van der Waals surface area contributed by atoms with Crippen molar-refractivity contribution in [3.05, 3.63) is 18.2 Å². The zero-order valence-corrected chi connectivity index (χ0v) is 10.4. The van der Waals surface area contributed by atoms with Gasteiger partial charge in [0.25, 0.3) is 5.91 Å². The number of anilines is 1. The molecule has 17 heavy (non-hydrogen) atoms. The highest BCUT2D eigenvalue weighted by Crippen LogP contribution is 2.40. The van der Waals surface area contributed by atoms with Gasteiger partial charge in [-0.25, -0.2) is 0 Å². The van der Waals surface area contributed by atoms with Crippen LogP contribution in [-0.2, 0) is 4.79 Å². The Morgan fingerprint density at radius 1 is 1.59 bits per heavy atom. The zero-order chi connectivity index (χ0) is 12.3. The molecule has 1 aliphatic heterocycles. The van der Waals surface area contributed by atoms with Crippen molar-refractivity contribution in [2.24, 2.45) is 0 Å². The standard InChI is InChI=1S/C11H14NO4P.H2/c13-6-2-5-12-8-3-1-4-9(16-17)11(8)15-7-10(12)14;/h1,3-4,13H,2,5-7,17H2;1H/i;1+2. The number of aliphatic hydroxyl groups excluding tert-OH is 1. The molecule has 5 nitrogen and oxygen atoms in total. The summed E-state index contributed by atoms with van der Waals surface area (Å²) in [6, 6.07) is 5.37. The molecule has 1 atom stereocenters. The van der Waals surface area contributed by atoms with Crippen molar-refractivity contribution in [1.29, 1.82) is 0 Å². The number of carbonyl (C=O) groups excluding carboxylic acids is 1. The molecule has 0 fully saturated rings. The van der Waals surface area contributed by atoms with Crippen LogP contribution < -0.4 is 14.2 Å². The van der Waals surface area contributed by atoms with E-state index < -0.39 is 0 Å². The lowest BCUT2D eigenvalue weighted by Crippen LogP contribution is -2.39. The predicted octanol–water partition coefficient (Wildman–Crippen LogP) is 1.21. The smallest absolute Gasteiger partial charge is 0.265 e. The van der Waals surface area contributed by atoms with Crippen LogP contribution in [0.25, 0.3) is 0 Å². The average Bonchev–Trinajstić information content (AvgIpc) is 2.36. The van der Waals surface area contributed by atoms with E-state index in [1.54, 1.807) is 23.1 Å². The highest BCUT2D eigenvalue weighted by molar-refractivity contribution is 7.10. The van der Waals surface area contributed by atoms with Crippen molar-refractivity contribution < 1.29 is 20.6 Å². The molecule has 1 aliphatic rings. The van der Waals surface area contributed by atoms with E-state index in [4.69, 9.17) is 14.4 Å². The van der Waals surface area contributed by atoms with E-state index in [1.165, 1.54) is 0 Å². The fourth-order valence-corrected chi connectivity index (χ4v) is 1.96. The maximum atomic E-state index is 11.7. The molecule has 2 rings (SSSR count). The van der Waals surface area contributed by atoms with Gasteiger partial charge in [0.15, 0.2) is 18.1 Å². The van der Waals surface area contributed by atoms with E-state index in [9.17, 15) is 4.79 Å². The summed E-state index contributed by atoms with van der Waals surface area (Å²) < 4.78 is 10.5. The number of fused-ring (bicyclic) bond motifs is 1. The number of para-hydroxylation sites is 1. The third-order valence-electron chi connectivity index (χ3n) is 2.56. The Kier molecular flexibility index (Phi) is 3.82. The first-order valence-corrected chi connectivity index (χ1v) is 5.79. The van der Waals surface area contributed by atoms with Gasteiger partial charge in [-0.15, -0.1) is 0 Å². The van der Waals surface area contributed by atoms with Gasteiger partial charge in [-0.2, -0.15) is 0 Å². The van der Waals surface area contributed by atoms with E-state index in [1.807, 2.05) is 0 Å². The molecule has 1 heterocycles. The third-order valence-corrected chi connectivity index (χ3v) is 2.81. The van der Waals surface area contributed by atoms with Gasteiger partial charge in [-0.1, -0.05) is 6.07 Å². The van der Waals surface area contributed by atoms with Gasteiger partial charge < -0.3 is 19.3 Å². The molecular formula is C11H16NO4P. The van der Waals surface area contributed by atoms with Gasteiger partial charge in [0.2, 0.25) is 0 Å². The van der Waals surface area contributed by atoms with Crippen molar-refractivity contribution in [2.45, 2.75) is 6.42 Å². The van der Waals surface area contributed by atoms with Gasteiger partial charge in [0, 0.05) is 14.6 Å². The molecule has 94 valence electrons. The largest absolute Gasteiger partial charge is 0.478 e. The van der Waals surface area contributed by atoms with Gasteiger partial charge in [-0.3, -0.25) is 4.79 Å². The Morgan fingerprint density at radius 2 is 2.41 bits per heavy atom. The molecule has 0 saturated heterocycles. The van der Waals surface area contributed by atoms with Crippen molar-refractivity contribution in [1.82, 2.24) is 0 Å². The third kappa shape index (κ3) is 2.35. The number of nitrogens with zero attached hydrogens (tertiary/aromatic N) is 1. The Balaban J connectivity index is 0.00000162. The second kappa shape index (κ2) is 5.34. The van der Waals surface area contributed by atoms with Crippen molar-refractivity contribution >= 4 is 21.1 Å². The fraction of sp³-hybridized carbons (Fsp3) is 0.364. The molecule has 1 amide bonds. The normalized spacial score (nSPS) is 14.2. The maximum Gasteiger partial charge on any atom is 0.265 e. The summed E-state index contributed by atoms with van der Waals surface area (Å²) in [7, 11) is 2.16. The highest BCUT2D eigenvalue weighted by atomic mass is 31.0. The summed E-state index contributed by atoms with van der Waals surface area (Å²) in [5.74, 6) is 1.04. The Labute approximate surface area is 103 Å². The summed E-state index contributed by atoms with van der Waals surface area (Å²) in [5, 5.41) is 8.83. The lowest BCUT2D eigenvalue weighted by molar-refractivity contribution is -0.121. The molecule has 1 aromatic rings. The Hall–Kier alpha value is -1.32. The summed E-state index contributed by atoms with van der Waals surface area (Å²) in [5.41, 5.74) is 0.689. The number of ether oxygens (including phenoxy) is 1. The summed E-state index contributed by atoms with van der Waals surface area (Å²) in [6.07, 6.45) is 0.539. The topological polar surface area (TPSA) is 59.0 Å². The van der Waals surface area contributed by atoms with Crippen molar-refractivity contribution in [2.75, 3.05) is 24.7 Å². The molecule has 1 N–H and O–H groups in total. The maximum absolute atomic E-state index is 11.7. The molecule has 1 unspecified atom stereocenters. The van der Waals surface area contributed by atoms with Crippen LogP contribution in [0.15, 0.2) is 18.2 Å². The van der Waals surface area contributed by atoms with Crippen LogP contribution in [0, 0.1) is 0 Å². The van der Waals surface area contributed by atoms with Crippen LogP contribution in [0.3, 0.4) is 0 Å². The van der Waals surface area contributed by atoms with E-state index in [-0.39, 0.29) is 20.5 Å². The van der Waals surface area contributed by atoms with Gasteiger partial charge >= 0.3 is 0 Å². The number of hydrogen-bond acceptors (Lipinski definition) is 4. The molecule has 0 aromatic heterocycles. The average molecular weight is 259 g/mol. The minimum atomic E-state index is -0.105. The molecule has 0 bridgehead atoms. The van der Waals surface area contributed by atoms with Gasteiger partial charge in [0.05, 0.1) is 15.2 Å². The zero-order valence-electron chi connectivity index (χ0n) is 9.26. The van der Waals surface area contributed by atoms with Gasteiger partial charge in [-0.05, 0) is 18.6 Å². The molecule has 0 radical (unpaired) electrons. The second-order valence-corrected chi connectivity index (χ2v) is 3.87. The number of benzene rings is 1. The van der Waals surface area contributed by atoms with Crippen molar-refractivity contribution in [3.63, 3.8) is 0 Å². The molecule has 1 aromatic carbocycles. The van der Waals surface area contributed by atoms with E-state index >= 15 is 0 Å². The van der Waals surface area contributed by atoms with E-state index in [2.05, 4.69) is 9.47 Å². The van der Waals surface area contributed by atoms with E-state index in [0.29, 0.717) is 30.2 Å². The quantitative estimate of drug-likeness (QED) is 0.826. The minimum absolute atomic E-state index is 0. The first-order valence-electron chi connectivity index (χ1n) is 5.31. The van der Waals surface area contributed by atoms with Crippen LogP contribution in [-0.4, -0.2) is 30.8 Å². The number of aliphatic hydroxyl groups is 1. The summed E-state index contributed by atoms with van der Waals surface area (Å²) >= 11 is 0. The monoisotopic (exact) mass is 259 g/mol. The Morgan fingerprint density at radius 3 is 3.12 bits per heavy atom. The first kappa shape index (κ1) is 12.1. The SMILES string of the molecule is O=C1COc2c(OP)cccc2N1CCCO.[3HH]. The summed E-state index contributed by atoms with van der Waals surface area (Å²) in [4.78, 5) is 13.3. The molecular weight excluding hydrogens is 241 g/mol.